The van der Waals surface area contributed by atoms with Crippen LogP contribution < -0.4 is 5.63 Å². The maximum atomic E-state index is 12.2. The predicted molar refractivity (Wildman–Crippen MR) is 91.2 cm³/mol. The largest absolute Gasteiger partial charge is 0.403 e. The summed E-state index contributed by atoms with van der Waals surface area (Å²) >= 11 is 0. The lowest BCUT2D eigenvalue weighted by atomic mass is 9.99. The Labute approximate surface area is 132 Å². The van der Waals surface area contributed by atoms with Crippen LogP contribution in [0.3, 0.4) is 0 Å². The Morgan fingerprint density at radius 3 is 2.17 bits per heavy atom. The van der Waals surface area contributed by atoms with E-state index in [9.17, 15) is 4.79 Å². The summed E-state index contributed by atoms with van der Waals surface area (Å²) in [6, 6.07) is 25.0. The van der Waals surface area contributed by atoms with Gasteiger partial charge >= 0.3 is 5.63 Å². The van der Waals surface area contributed by atoms with Gasteiger partial charge in [0.25, 0.3) is 0 Å². The van der Waals surface area contributed by atoms with Gasteiger partial charge in [-0.15, -0.1) is 0 Å². The number of aromatic nitrogens is 1. The third-order valence-corrected chi connectivity index (χ3v) is 3.78. The van der Waals surface area contributed by atoms with Gasteiger partial charge in [-0.2, -0.15) is 0 Å². The molecular weight excluding hydrogens is 286 g/mol. The summed E-state index contributed by atoms with van der Waals surface area (Å²) < 4.78 is 5.47. The third kappa shape index (κ3) is 2.42. The number of para-hydroxylation sites is 1. The average Bonchev–Trinajstić information content (AvgIpc) is 2.62. The van der Waals surface area contributed by atoms with Gasteiger partial charge in [-0.1, -0.05) is 60.7 Å². The normalized spacial score (nSPS) is 10.8. The Balaban J connectivity index is 1.97. The molecule has 3 nitrogen and oxygen atoms in total. The van der Waals surface area contributed by atoms with Gasteiger partial charge < -0.3 is 4.42 Å². The Morgan fingerprint density at radius 1 is 0.696 bits per heavy atom. The van der Waals surface area contributed by atoms with Gasteiger partial charge in [0, 0.05) is 5.56 Å². The Hall–Kier alpha value is -3.20. The summed E-state index contributed by atoms with van der Waals surface area (Å²) in [6.45, 7) is 0. The van der Waals surface area contributed by atoms with Gasteiger partial charge in [-0.25, -0.2) is 9.78 Å². The second-order valence-electron chi connectivity index (χ2n) is 5.24. The van der Waals surface area contributed by atoms with Crippen molar-refractivity contribution in [1.82, 2.24) is 4.98 Å². The van der Waals surface area contributed by atoms with Crippen LogP contribution in [0.25, 0.3) is 33.5 Å². The Kier molecular flexibility index (Phi) is 3.24. The first-order valence-electron chi connectivity index (χ1n) is 7.37. The molecule has 0 fully saturated rings. The van der Waals surface area contributed by atoms with Crippen molar-refractivity contribution in [2.45, 2.75) is 0 Å². The molecule has 0 unspecified atom stereocenters. The van der Waals surface area contributed by atoms with E-state index in [1.54, 1.807) is 12.1 Å². The molecule has 110 valence electrons. The standard InChI is InChI=1S/C20H13NO2/c22-20-17-12-6-7-13-18(17)21-19(23-20)16-11-5-4-10-15(16)14-8-2-1-3-9-14/h1-13H. The minimum atomic E-state index is -0.367. The lowest BCUT2D eigenvalue weighted by molar-refractivity contribution is 0.518. The zero-order chi connectivity index (χ0) is 15.6. The second kappa shape index (κ2) is 5.54. The van der Waals surface area contributed by atoms with Gasteiger partial charge in [0.2, 0.25) is 5.89 Å². The van der Waals surface area contributed by atoms with Crippen molar-refractivity contribution >= 4 is 10.9 Å². The van der Waals surface area contributed by atoms with E-state index in [4.69, 9.17) is 4.42 Å². The zero-order valence-corrected chi connectivity index (χ0v) is 12.3. The van der Waals surface area contributed by atoms with E-state index in [0.717, 1.165) is 16.7 Å². The van der Waals surface area contributed by atoms with E-state index in [-0.39, 0.29) is 5.63 Å². The minimum absolute atomic E-state index is 0.341. The highest BCUT2D eigenvalue weighted by molar-refractivity contribution is 5.83. The van der Waals surface area contributed by atoms with Gasteiger partial charge in [-0.05, 0) is 29.3 Å². The molecule has 0 amide bonds. The third-order valence-electron chi connectivity index (χ3n) is 3.78. The Morgan fingerprint density at radius 2 is 1.35 bits per heavy atom. The monoisotopic (exact) mass is 299 g/mol. The molecule has 0 atom stereocenters. The smallest absolute Gasteiger partial charge is 0.347 e. The summed E-state index contributed by atoms with van der Waals surface area (Å²) in [6.07, 6.45) is 0. The molecule has 0 saturated carbocycles. The molecule has 1 aromatic heterocycles. The van der Waals surface area contributed by atoms with Crippen LogP contribution in [-0.2, 0) is 0 Å². The average molecular weight is 299 g/mol. The lowest BCUT2D eigenvalue weighted by Gasteiger charge is -2.08. The molecule has 0 radical (unpaired) electrons. The predicted octanol–water partition coefficient (Wildman–Crippen LogP) is 4.52. The molecular formula is C20H13NO2. The number of benzene rings is 3. The van der Waals surface area contributed by atoms with Gasteiger partial charge in [-0.3, -0.25) is 0 Å². The summed E-state index contributed by atoms with van der Waals surface area (Å²) in [5.74, 6) is 0.341. The van der Waals surface area contributed by atoms with Crippen LogP contribution in [0.1, 0.15) is 0 Å². The first kappa shape index (κ1) is 13.5. The SMILES string of the molecule is O=c1oc(-c2ccccc2-c2ccccc2)nc2ccccc12. The van der Waals surface area contributed by atoms with Crippen molar-refractivity contribution in [3.63, 3.8) is 0 Å². The van der Waals surface area contributed by atoms with E-state index < -0.39 is 0 Å². The van der Waals surface area contributed by atoms with E-state index >= 15 is 0 Å². The van der Waals surface area contributed by atoms with Gasteiger partial charge in [0.1, 0.15) is 0 Å². The molecule has 23 heavy (non-hydrogen) atoms. The van der Waals surface area contributed by atoms with Gasteiger partial charge in [0.05, 0.1) is 10.9 Å². The number of nitrogens with zero attached hydrogens (tertiary/aromatic N) is 1. The molecule has 3 heteroatoms. The van der Waals surface area contributed by atoms with Crippen molar-refractivity contribution in [2.75, 3.05) is 0 Å². The number of fused-ring (bicyclic) bond motifs is 1. The fourth-order valence-corrected chi connectivity index (χ4v) is 2.67. The molecule has 4 rings (SSSR count). The number of hydrogen-bond donors (Lipinski definition) is 0. The summed E-state index contributed by atoms with van der Waals surface area (Å²) in [4.78, 5) is 16.7. The molecule has 0 saturated heterocycles. The van der Waals surface area contributed by atoms with Crippen molar-refractivity contribution in [3.05, 3.63) is 89.3 Å². The van der Waals surface area contributed by atoms with Crippen molar-refractivity contribution in [3.8, 4) is 22.6 Å². The fourth-order valence-electron chi connectivity index (χ4n) is 2.67. The van der Waals surface area contributed by atoms with Crippen LogP contribution in [0, 0.1) is 0 Å². The fraction of sp³-hybridized carbons (Fsp3) is 0. The highest BCUT2D eigenvalue weighted by atomic mass is 16.4. The maximum absolute atomic E-state index is 12.2. The van der Waals surface area contributed by atoms with Crippen LogP contribution in [0.4, 0.5) is 0 Å². The van der Waals surface area contributed by atoms with Crippen molar-refractivity contribution < 1.29 is 4.42 Å². The van der Waals surface area contributed by atoms with E-state index in [0.29, 0.717) is 16.8 Å². The van der Waals surface area contributed by atoms with Crippen LogP contribution in [0.15, 0.2) is 88.1 Å². The van der Waals surface area contributed by atoms with E-state index in [2.05, 4.69) is 4.98 Å². The molecule has 0 spiro atoms. The molecule has 0 aliphatic rings. The van der Waals surface area contributed by atoms with Crippen LogP contribution in [-0.4, -0.2) is 4.98 Å². The highest BCUT2D eigenvalue weighted by Crippen LogP contribution is 2.30. The maximum Gasteiger partial charge on any atom is 0.347 e. The molecule has 0 aliphatic heterocycles. The molecule has 1 heterocycles. The first-order chi connectivity index (χ1) is 11.3. The molecule has 0 aliphatic carbocycles. The van der Waals surface area contributed by atoms with E-state index in [1.165, 1.54) is 0 Å². The van der Waals surface area contributed by atoms with E-state index in [1.807, 2.05) is 66.7 Å². The number of rotatable bonds is 2. The van der Waals surface area contributed by atoms with Crippen LogP contribution in [0.5, 0.6) is 0 Å². The molecule has 3 aromatic carbocycles. The Bertz CT molecular complexity index is 1040. The molecule has 0 N–H and O–H groups in total. The van der Waals surface area contributed by atoms with Gasteiger partial charge in [0.15, 0.2) is 0 Å². The van der Waals surface area contributed by atoms with Crippen LogP contribution in [0.2, 0.25) is 0 Å². The topological polar surface area (TPSA) is 43.1 Å². The molecule has 4 aromatic rings. The first-order valence-corrected chi connectivity index (χ1v) is 7.37. The molecule has 0 bridgehead atoms. The summed E-state index contributed by atoms with van der Waals surface area (Å²) in [5, 5.41) is 0.494. The minimum Gasteiger partial charge on any atom is -0.403 e. The quantitative estimate of drug-likeness (QED) is 0.546. The van der Waals surface area contributed by atoms with Crippen molar-refractivity contribution in [2.24, 2.45) is 0 Å². The van der Waals surface area contributed by atoms with Crippen LogP contribution >= 0.6 is 0 Å². The highest BCUT2D eigenvalue weighted by Gasteiger charge is 2.12. The van der Waals surface area contributed by atoms with Crippen molar-refractivity contribution in [1.29, 1.82) is 0 Å². The summed E-state index contributed by atoms with van der Waals surface area (Å²) in [7, 11) is 0. The number of hydrogen-bond acceptors (Lipinski definition) is 3. The lowest BCUT2D eigenvalue weighted by Crippen LogP contribution is -2.03. The second-order valence-corrected chi connectivity index (χ2v) is 5.24. The summed E-state index contributed by atoms with van der Waals surface area (Å²) in [5.41, 5.74) is 3.12. The zero-order valence-electron chi connectivity index (χ0n) is 12.3.